The molecule has 1 aliphatic heterocycles. The van der Waals surface area contributed by atoms with Crippen LogP contribution in [0.4, 0.5) is 0 Å². The van der Waals surface area contributed by atoms with Crippen molar-refractivity contribution in [2.45, 2.75) is 37.1 Å². The third-order valence-corrected chi connectivity index (χ3v) is 7.88. The number of halogens is 1. The number of hydrogen-bond donors (Lipinski definition) is 1. The molecular weight excluding hydrogens is 444 g/mol. The lowest BCUT2D eigenvalue weighted by atomic mass is 9.83. The van der Waals surface area contributed by atoms with Gasteiger partial charge in [0, 0.05) is 35.8 Å². The average molecular weight is 471 g/mol. The van der Waals surface area contributed by atoms with Crippen LogP contribution in [0.1, 0.15) is 30.4 Å². The lowest BCUT2D eigenvalue weighted by molar-refractivity contribution is -0.132. The maximum atomic E-state index is 13.0. The summed E-state index contributed by atoms with van der Waals surface area (Å²) in [5.74, 6) is 0.796. The summed E-state index contributed by atoms with van der Waals surface area (Å²) in [5.41, 5.74) is 1.99. The summed E-state index contributed by atoms with van der Waals surface area (Å²) in [7, 11) is 3.49. The molecule has 3 unspecified atom stereocenters. The van der Waals surface area contributed by atoms with Crippen LogP contribution in [0.2, 0.25) is 5.02 Å². The van der Waals surface area contributed by atoms with Crippen molar-refractivity contribution >= 4 is 41.3 Å². The first kappa shape index (κ1) is 22.7. The van der Waals surface area contributed by atoms with E-state index in [1.807, 2.05) is 66.6 Å². The minimum atomic E-state index is -0.0773. The number of carbonyl (C=O) groups is 2. The molecule has 1 aliphatic carbocycles. The number of benzene rings is 2. The molecule has 7 heteroatoms. The summed E-state index contributed by atoms with van der Waals surface area (Å²) in [6.45, 7) is 0.485. The maximum absolute atomic E-state index is 13.0. The molecule has 0 spiro atoms. The van der Waals surface area contributed by atoms with Crippen molar-refractivity contribution in [1.29, 1.82) is 0 Å². The van der Waals surface area contributed by atoms with Crippen LogP contribution in [0.3, 0.4) is 0 Å². The molecule has 1 saturated carbocycles. The van der Waals surface area contributed by atoms with Crippen LogP contribution in [-0.2, 0) is 16.1 Å². The van der Waals surface area contributed by atoms with E-state index in [-0.39, 0.29) is 23.8 Å². The molecule has 2 aromatic carbocycles. The highest BCUT2D eigenvalue weighted by atomic mass is 35.5. The zero-order valence-corrected chi connectivity index (χ0v) is 19.8. The van der Waals surface area contributed by atoms with Crippen molar-refractivity contribution in [1.82, 2.24) is 10.2 Å². The van der Waals surface area contributed by atoms with E-state index in [0.29, 0.717) is 23.2 Å². The van der Waals surface area contributed by atoms with Crippen LogP contribution < -0.4 is 10.1 Å². The van der Waals surface area contributed by atoms with Crippen molar-refractivity contribution in [3.63, 3.8) is 0 Å². The highest BCUT2D eigenvalue weighted by Gasteiger charge is 2.42. The van der Waals surface area contributed by atoms with Crippen LogP contribution >= 0.6 is 23.4 Å². The number of hydrogen-bond acceptors (Lipinski definition) is 4. The Morgan fingerprint density at radius 3 is 2.59 bits per heavy atom. The number of amides is 2. The molecule has 2 fully saturated rings. The number of thioether (sulfide) groups is 1. The quantitative estimate of drug-likeness (QED) is 0.641. The van der Waals surface area contributed by atoms with E-state index in [1.54, 1.807) is 18.9 Å². The molecule has 2 aromatic rings. The van der Waals surface area contributed by atoms with Crippen LogP contribution in [-0.4, -0.2) is 42.2 Å². The van der Waals surface area contributed by atoms with Gasteiger partial charge in [-0.1, -0.05) is 35.9 Å². The summed E-state index contributed by atoms with van der Waals surface area (Å²) in [6.07, 6.45) is 4.39. The standard InChI is InChI=1S/C25H27ClN2O3S/c1-28-21-14-18(24(29)27-15-17-3-8-19(26)9-4-17)7-12-22(21)32-23(25(28)30)13-16-5-10-20(31-2)11-6-16/h3-6,8-11,13,18,21-22H,7,12,14-15H2,1-2H3,(H,27,29)/b23-13-. The van der Waals surface area contributed by atoms with E-state index in [0.717, 1.165) is 34.6 Å². The van der Waals surface area contributed by atoms with Crippen LogP contribution in [0, 0.1) is 5.92 Å². The van der Waals surface area contributed by atoms with Crippen molar-refractivity contribution in [3.8, 4) is 5.75 Å². The van der Waals surface area contributed by atoms with Gasteiger partial charge in [0.2, 0.25) is 5.91 Å². The van der Waals surface area contributed by atoms with Gasteiger partial charge in [-0.2, -0.15) is 0 Å². The second-order valence-corrected chi connectivity index (χ2v) is 9.99. The van der Waals surface area contributed by atoms with Crippen LogP contribution in [0.5, 0.6) is 5.75 Å². The number of methoxy groups -OCH3 is 1. The normalized spacial score (nSPS) is 24.2. The summed E-state index contributed by atoms with van der Waals surface area (Å²) in [4.78, 5) is 28.4. The topological polar surface area (TPSA) is 58.6 Å². The summed E-state index contributed by atoms with van der Waals surface area (Å²) in [5, 5.41) is 4.04. The Hall–Kier alpha value is -2.44. The number of fused-ring (bicyclic) bond motifs is 1. The van der Waals surface area contributed by atoms with Gasteiger partial charge in [0.25, 0.3) is 5.91 Å². The first-order valence-corrected chi connectivity index (χ1v) is 12.0. The number of likely N-dealkylation sites (N-methyl/N-ethyl adjacent to an activating group) is 1. The molecule has 4 rings (SSSR count). The van der Waals surface area contributed by atoms with E-state index < -0.39 is 0 Å². The number of nitrogens with one attached hydrogen (secondary N) is 1. The van der Waals surface area contributed by atoms with Gasteiger partial charge in [-0.05, 0) is 60.7 Å². The number of ether oxygens (including phenoxy) is 1. The molecule has 0 radical (unpaired) electrons. The predicted octanol–water partition coefficient (Wildman–Crippen LogP) is 4.75. The molecule has 0 bridgehead atoms. The third-order valence-electron chi connectivity index (χ3n) is 6.23. The Morgan fingerprint density at radius 2 is 1.91 bits per heavy atom. The molecular formula is C25H27ClN2O3S. The zero-order valence-electron chi connectivity index (χ0n) is 18.2. The molecule has 2 aliphatic rings. The van der Waals surface area contributed by atoms with E-state index >= 15 is 0 Å². The summed E-state index contributed by atoms with van der Waals surface area (Å²) in [6, 6.07) is 15.2. The second-order valence-electron chi connectivity index (χ2n) is 8.28. The first-order chi connectivity index (χ1) is 15.4. The fourth-order valence-electron chi connectivity index (χ4n) is 4.32. The molecule has 1 heterocycles. The SMILES string of the molecule is COc1ccc(/C=C2\SC3CCC(C(=O)NCc4ccc(Cl)cc4)CC3N(C)C2=O)cc1. The Labute approximate surface area is 198 Å². The number of nitrogens with zero attached hydrogens (tertiary/aromatic N) is 1. The maximum Gasteiger partial charge on any atom is 0.260 e. The Kier molecular flexibility index (Phi) is 7.11. The predicted molar refractivity (Wildman–Crippen MR) is 130 cm³/mol. The molecule has 1 saturated heterocycles. The summed E-state index contributed by atoms with van der Waals surface area (Å²) < 4.78 is 5.21. The van der Waals surface area contributed by atoms with E-state index in [2.05, 4.69) is 5.32 Å². The van der Waals surface area contributed by atoms with Gasteiger partial charge in [-0.3, -0.25) is 9.59 Å². The van der Waals surface area contributed by atoms with Crippen LogP contribution in [0.25, 0.3) is 6.08 Å². The molecule has 0 aromatic heterocycles. The minimum Gasteiger partial charge on any atom is -0.497 e. The summed E-state index contributed by atoms with van der Waals surface area (Å²) >= 11 is 7.58. The Balaban J connectivity index is 1.38. The smallest absolute Gasteiger partial charge is 0.260 e. The van der Waals surface area contributed by atoms with Crippen molar-refractivity contribution in [3.05, 3.63) is 69.6 Å². The number of carbonyl (C=O) groups excluding carboxylic acids is 2. The van der Waals surface area contributed by atoms with Crippen molar-refractivity contribution in [2.24, 2.45) is 5.92 Å². The average Bonchev–Trinajstić information content (AvgIpc) is 2.82. The van der Waals surface area contributed by atoms with Gasteiger partial charge in [0.05, 0.1) is 12.0 Å². The highest BCUT2D eigenvalue weighted by Crippen LogP contribution is 2.43. The Bertz CT molecular complexity index is 1010. The van der Waals surface area contributed by atoms with Crippen molar-refractivity contribution < 1.29 is 14.3 Å². The largest absolute Gasteiger partial charge is 0.497 e. The zero-order chi connectivity index (χ0) is 22.7. The third kappa shape index (κ3) is 5.13. The van der Waals surface area contributed by atoms with Gasteiger partial charge in [-0.25, -0.2) is 0 Å². The lowest BCUT2D eigenvalue weighted by Gasteiger charge is -2.44. The molecule has 2 amide bonds. The minimum absolute atomic E-state index is 0.0225. The first-order valence-electron chi connectivity index (χ1n) is 10.8. The van der Waals surface area contributed by atoms with Crippen molar-refractivity contribution in [2.75, 3.05) is 14.2 Å². The second kappa shape index (κ2) is 10.0. The van der Waals surface area contributed by atoms with E-state index in [9.17, 15) is 9.59 Å². The fourth-order valence-corrected chi connectivity index (χ4v) is 5.93. The van der Waals surface area contributed by atoms with Gasteiger partial charge >= 0.3 is 0 Å². The van der Waals surface area contributed by atoms with E-state index in [4.69, 9.17) is 16.3 Å². The molecule has 3 atom stereocenters. The van der Waals surface area contributed by atoms with Crippen LogP contribution in [0.15, 0.2) is 53.4 Å². The fraction of sp³-hybridized carbons (Fsp3) is 0.360. The molecule has 1 N–H and O–H groups in total. The lowest BCUT2D eigenvalue weighted by Crippen LogP contribution is -2.52. The number of rotatable bonds is 5. The van der Waals surface area contributed by atoms with Gasteiger partial charge in [0.1, 0.15) is 5.75 Å². The van der Waals surface area contributed by atoms with Gasteiger partial charge in [0.15, 0.2) is 0 Å². The van der Waals surface area contributed by atoms with E-state index in [1.165, 1.54) is 0 Å². The molecule has 5 nitrogen and oxygen atoms in total. The molecule has 32 heavy (non-hydrogen) atoms. The highest BCUT2D eigenvalue weighted by molar-refractivity contribution is 8.04. The monoisotopic (exact) mass is 470 g/mol. The van der Waals surface area contributed by atoms with Gasteiger partial charge in [-0.15, -0.1) is 11.8 Å². The molecule has 168 valence electrons. The Morgan fingerprint density at radius 1 is 1.19 bits per heavy atom. The van der Waals surface area contributed by atoms with Gasteiger partial charge < -0.3 is 15.0 Å².